The molecule has 0 saturated carbocycles. The second-order valence-corrected chi connectivity index (χ2v) is 11.7. The highest BCUT2D eigenvalue weighted by atomic mass is 79.9. The van der Waals surface area contributed by atoms with Crippen molar-refractivity contribution in [1.82, 2.24) is 9.29 Å². The number of hydrogen-bond donors (Lipinski definition) is 1. The van der Waals surface area contributed by atoms with Crippen molar-refractivity contribution in [2.24, 2.45) is 5.41 Å². The Hall–Kier alpha value is -0.700. The van der Waals surface area contributed by atoms with Crippen LogP contribution in [0.3, 0.4) is 0 Å². The van der Waals surface area contributed by atoms with Gasteiger partial charge in [0.2, 0.25) is 0 Å². The zero-order valence-corrected chi connectivity index (χ0v) is 18.8. The van der Waals surface area contributed by atoms with Crippen molar-refractivity contribution in [3.05, 3.63) is 34.2 Å². The lowest BCUT2D eigenvalue weighted by Gasteiger charge is -2.27. The van der Waals surface area contributed by atoms with Crippen molar-refractivity contribution >= 4 is 38.2 Å². The van der Waals surface area contributed by atoms with E-state index in [1.54, 1.807) is 33.0 Å². The minimum Gasteiger partial charge on any atom is -0.598 e. The summed E-state index contributed by atoms with van der Waals surface area (Å²) in [7, 11) is 0. The SMILES string of the molecule is CC(C)(C)Cn1cc(C(N[S+]([O-])C(C)(C)C)C(F)F)c2cc(F)c(Br)cc21. The van der Waals surface area contributed by atoms with E-state index in [9.17, 15) is 17.7 Å². The van der Waals surface area contributed by atoms with Gasteiger partial charge in [0.25, 0.3) is 6.43 Å². The lowest BCUT2D eigenvalue weighted by atomic mass is 9.97. The summed E-state index contributed by atoms with van der Waals surface area (Å²) >= 11 is 1.48. The third kappa shape index (κ3) is 5.43. The standard InChI is InChI=1S/C19H26BrF3N2OS/c1-18(2,3)10-25-9-12(11-7-14(21)13(20)8-15(11)25)16(17(22)23)24-27(26)19(4,5)6/h7-9,16-17,24H,10H2,1-6H3. The van der Waals surface area contributed by atoms with Gasteiger partial charge < -0.3 is 9.12 Å². The quantitative estimate of drug-likeness (QED) is 0.553. The van der Waals surface area contributed by atoms with Gasteiger partial charge in [-0.1, -0.05) is 20.8 Å². The number of fused-ring (bicyclic) bond motifs is 1. The number of benzene rings is 1. The molecule has 1 aromatic carbocycles. The molecule has 27 heavy (non-hydrogen) atoms. The molecule has 0 amide bonds. The maximum absolute atomic E-state index is 14.2. The van der Waals surface area contributed by atoms with Crippen LogP contribution >= 0.6 is 15.9 Å². The lowest BCUT2D eigenvalue weighted by molar-refractivity contribution is 0.109. The molecular weight excluding hydrogens is 441 g/mol. The summed E-state index contributed by atoms with van der Waals surface area (Å²) in [5.74, 6) is -0.526. The van der Waals surface area contributed by atoms with Crippen LogP contribution in [0.2, 0.25) is 0 Å². The van der Waals surface area contributed by atoms with Gasteiger partial charge in [0, 0.05) is 40.6 Å². The molecule has 0 fully saturated rings. The van der Waals surface area contributed by atoms with Crippen LogP contribution in [0.5, 0.6) is 0 Å². The van der Waals surface area contributed by atoms with Crippen LogP contribution in [0.4, 0.5) is 13.2 Å². The van der Waals surface area contributed by atoms with Crippen LogP contribution in [0.15, 0.2) is 22.8 Å². The predicted octanol–water partition coefficient (Wildman–Crippen LogP) is 5.95. The summed E-state index contributed by atoms with van der Waals surface area (Å²) in [6, 6.07) is 1.39. The topological polar surface area (TPSA) is 40.0 Å². The first-order valence-corrected chi connectivity index (χ1v) is 10.6. The van der Waals surface area contributed by atoms with E-state index in [0.29, 0.717) is 17.4 Å². The fourth-order valence-corrected chi connectivity index (χ4v) is 3.89. The molecule has 0 aliphatic carbocycles. The molecule has 0 radical (unpaired) electrons. The Labute approximate surface area is 170 Å². The second-order valence-electron chi connectivity index (χ2n) is 8.87. The van der Waals surface area contributed by atoms with E-state index < -0.39 is 34.4 Å². The highest BCUT2D eigenvalue weighted by Crippen LogP contribution is 2.35. The van der Waals surface area contributed by atoms with Gasteiger partial charge in [0.15, 0.2) is 0 Å². The average Bonchev–Trinajstić information content (AvgIpc) is 2.79. The monoisotopic (exact) mass is 466 g/mol. The molecule has 152 valence electrons. The molecule has 0 saturated heterocycles. The van der Waals surface area contributed by atoms with E-state index in [2.05, 4.69) is 20.7 Å². The fourth-order valence-electron chi connectivity index (χ4n) is 2.74. The third-order valence-electron chi connectivity index (χ3n) is 3.98. The highest BCUT2D eigenvalue weighted by molar-refractivity contribution is 9.10. The molecule has 0 aliphatic rings. The first kappa shape index (κ1) is 22.6. The Bertz CT molecular complexity index is 812. The molecule has 3 nitrogen and oxygen atoms in total. The number of halogens is 4. The van der Waals surface area contributed by atoms with Gasteiger partial charge >= 0.3 is 0 Å². The molecule has 1 N–H and O–H groups in total. The van der Waals surface area contributed by atoms with Gasteiger partial charge in [-0.2, -0.15) is 0 Å². The van der Waals surface area contributed by atoms with Gasteiger partial charge in [0.1, 0.15) is 16.6 Å². The van der Waals surface area contributed by atoms with Gasteiger partial charge in [-0.3, -0.25) is 0 Å². The lowest BCUT2D eigenvalue weighted by Crippen LogP contribution is -2.43. The van der Waals surface area contributed by atoms with Crippen LogP contribution in [0, 0.1) is 11.2 Å². The zero-order chi connectivity index (χ0) is 20.7. The minimum absolute atomic E-state index is 0.105. The Morgan fingerprint density at radius 2 is 1.78 bits per heavy atom. The maximum Gasteiger partial charge on any atom is 0.262 e. The first-order valence-electron chi connectivity index (χ1n) is 8.64. The number of aromatic nitrogens is 1. The molecule has 2 atom stereocenters. The fraction of sp³-hybridized carbons (Fsp3) is 0.579. The van der Waals surface area contributed by atoms with Crippen LogP contribution in [-0.4, -0.2) is 20.3 Å². The second kappa shape index (κ2) is 7.97. The number of nitrogens with one attached hydrogen (secondary N) is 1. The maximum atomic E-state index is 14.2. The largest absolute Gasteiger partial charge is 0.598 e. The van der Waals surface area contributed by atoms with Crippen molar-refractivity contribution in [3.63, 3.8) is 0 Å². The smallest absolute Gasteiger partial charge is 0.262 e. The molecule has 2 aromatic rings. The summed E-state index contributed by atoms with van der Waals surface area (Å²) < 4.78 is 58.3. The summed E-state index contributed by atoms with van der Waals surface area (Å²) in [6.45, 7) is 11.8. The number of nitrogens with zero attached hydrogens (tertiary/aromatic N) is 1. The molecular formula is C19H26BrF3N2OS. The molecule has 0 spiro atoms. The Morgan fingerprint density at radius 1 is 1.19 bits per heavy atom. The summed E-state index contributed by atoms with van der Waals surface area (Å²) in [5, 5.41) is 0.392. The summed E-state index contributed by atoms with van der Waals surface area (Å²) in [5.41, 5.74) is 0.793. The highest BCUT2D eigenvalue weighted by Gasteiger charge is 2.36. The average molecular weight is 467 g/mol. The molecule has 1 aromatic heterocycles. The van der Waals surface area contributed by atoms with E-state index in [4.69, 9.17) is 0 Å². The molecule has 2 unspecified atom stereocenters. The van der Waals surface area contributed by atoms with Crippen LogP contribution in [0.25, 0.3) is 10.9 Å². The predicted molar refractivity (Wildman–Crippen MR) is 109 cm³/mol. The Balaban J connectivity index is 2.62. The van der Waals surface area contributed by atoms with E-state index in [1.807, 2.05) is 25.3 Å². The third-order valence-corrected chi connectivity index (χ3v) is 6.16. The Kier molecular flexibility index (Phi) is 6.67. The van der Waals surface area contributed by atoms with Gasteiger partial charge in [-0.05, 0) is 54.2 Å². The Morgan fingerprint density at radius 3 is 2.26 bits per heavy atom. The molecule has 8 heteroatoms. The molecule has 1 heterocycles. The zero-order valence-electron chi connectivity index (χ0n) is 16.4. The van der Waals surface area contributed by atoms with Crippen molar-refractivity contribution < 1.29 is 17.7 Å². The summed E-state index contributed by atoms with van der Waals surface area (Å²) in [4.78, 5) is 0. The van der Waals surface area contributed by atoms with Gasteiger partial charge in [0.05, 0.1) is 4.47 Å². The normalized spacial score (nSPS) is 15.6. The van der Waals surface area contributed by atoms with Crippen molar-refractivity contribution in [2.45, 2.75) is 65.3 Å². The molecule has 0 bridgehead atoms. The molecule has 2 rings (SSSR count). The van der Waals surface area contributed by atoms with E-state index >= 15 is 0 Å². The van der Waals surface area contributed by atoms with Crippen LogP contribution in [0.1, 0.15) is 53.1 Å². The van der Waals surface area contributed by atoms with Crippen molar-refractivity contribution in [3.8, 4) is 0 Å². The minimum atomic E-state index is -2.79. The summed E-state index contributed by atoms with van der Waals surface area (Å²) in [6.07, 6.45) is -1.18. The first-order chi connectivity index (χ1) is 12.2. The van der Waals surface area contributed by atoms with Crippen molar-refractivity contribution in [1.29, 1.82) is 0 Å². The number of hydrogen-bond acceptors (Lipinski definition) is 2. The van der Waals surface area contributed by atoms with E-state index in [0.717, 1.165) is 0 Å². The number of rotatable bonds is 5. The van der Waals surface area contributed by atoms with Crippen LogP contribution < -0.4 is 4.72 Å². The van der Waals surface area contributed by atoms with E-state index in [-0.39, 0.29) is 15.5 Å². The number of alkyl halides is 2. The van der Waals surface area contributed by atoms with Crippen molar-refractivity contribution in [2.75, 3.05) is 0 Å². The van der Waals surface area contributed by atoms with Gasteiger partial charge in [-0.25, -0.2) is 13.2 Å². The molecule has 0 aliphatic heterocycles. The van der Waals surface area contributed by atoms with Crippen LogP contribution in [-0.2, 0) is 17.9 Å². The van der Waals surface area contributed by atoms with Gasteiger partial charge in [-0.15, -0.1) is 4.72 Å². The van der Waals surface area contributed by atoms with E-state index in [1.165, 1.54) is 6.07 Å².